The minimum atomic E-state index is -0.0641. The average molecular weight is 304 g/mol. The van der Waals surface area contributed by atoms with Crippen LogP contribution in [0.3, 0.4) is 0 Å². The Labute approximate surface area is 134 Å². The molecule has 3 nitrogen and oxygen atoms in total. The van der Waals surface area contributed by atoms with Crippen molar-refractivity contribution < 1.29 is 14.4 Å². The second-order valence-electron chi connectivity index (χ2n) is 5.51. The highest BCUT2D eigenvalue weighted by Crippen LogP contribution is 2.26. The van der Waals surface area contributed by atoms with Crippen LogP contribution in [0.1, 0.15) is 51.1 Å². The molecule has 3 heteroatoms. The first-order valence-corrected chi connectivity index (χ1v) is 7.65. The second-order valence-corrected chi connectivity index (χ2v) is 5.51. The molecular formula is C20H16O3. The van der Waals surface area contributed by atoms with Gasteiger partial charge >= 0.3 is 0 Å². The molecule has 0 saturated carbocycles. The molecule has 2 aromatic carbocycles. The number of hydrogen-bond acceptors (Lipinski definition) is 3. The van der Waals surface area contributed by atoms with Gasteiger partial charge in [0.15, 0.2) is 17.3 Å². The smallest absolute Gasteiger partial charge is 0.194 e. The third kappa shape index (κ3) is 3.04. The Morgan fingerprint density at radius 1 is 0.652 bits per heavy atom. The van der Waals surface area contributed by atoms with Gasteiger partial charge in [0, 0.05) is 28.7 Å². The average Bonchev–Trinajstić information content (AvgIpc) is 2.61. The molecule has 23 heavy (non-hydrogen) atoms. The van der Waals surface area contributed by atoms with Crippen LogP contribution in [0.25, 0.3) is 0 Å². The van der Waals surface area contributed by atoms with Crippen molar-refractivity contribution in [3.8, 4) is 0 Å². The van der Waals surface area contributed by atoms with Crippen LogP contribution in [-0.2, 0) is 4.79 Å². The minimum absolute atomic E-state index is 0.0641. The Bertz CT molecular complexity index is 710. The molecule has 0 atom stereocenters. The highest BCUT2D eigenvalue weighted by atomic mass is 16.1. The van der Waals surface area contributed by atoms with Gasteiger partial charge in [0.1, 0.15) is 0 Å². The van der Waals surface area contributed by atoms with Gasteiger partial charge in [0.25, 0.3) is 0 Å². The fourth-order valence-electron chi connectivity index (χ4n) is 2.74. The molecule has 0 spiro atoms. The number of ketones is 3. The van der Waals surface area contributed by atoms with Crippen LogP contribution in [0.2, 0.25) is 0 Å². The third-order valence-corrected chi connectivity index (χ3v) is 3.93. The molecule has 0 aromatic heterocycles. The lowest BCUT2D eigenvalue weighted by atomic mass is 9.84. The van der Waals surface area contributed by atoms with E-state index < -0.39 is 0 Å². The highest BCUT2D eigenvalue weighted by Gasteiger charge is 2.28. The molecule has 2 aliphatic rings. The van der Waals surface area contributed by atoms with E-state index in [4.69, 9.17) is 0 Å². The molecule has 0 unspecified atom stereocenters. The van der Waals surface area contributed by atoms with E-state index in [9.17, 15) is 14.4 Å². The maximum absolute atomic E-state index is 12.1. The van der Waals surface area contributed by atoms with E-state index in [1.54, 1.807) is 54.6 Å². The van der Waals surface area contributed by atoms with Gasteiger partial charge in [0.05, 0.1) is 0 Å². The maximum Gasteiger partial charge on any atom is 0.194 e. The third-order valence-electron chi connectivity index (χ3n) is 3.93. The first-order chi connectivity index (χ1) is 11.2. The van der Waals surface area contributed by atoms with Crippen molar-refractivity contribution in [1.29, 1.82) is 0 Å². The van der Waals surface area contributed by atoms with Crippen molar-refractivity contribution in [1.82, 2.24) is 0 Å². The van der Waals surface area contributed by atoms with Gasteiger partial charge in [-0.2, -0.15) is 0 Å². The summed E-state index contributed by atoms with van der Waals surface area (Å²) in [7, 11) is 0. The van der Waals surface area contributed by atoms with Crippen LogP contribution in [0, 0.1) is 0 Å². The summed E-state index contributed by atoms with van der Waals surface area (Å²) >= 11 is 0. The Morgan fingerprint density at radius 3 is 1.35 bits per heavy atom. The molecular weight excluding hydrogens is 288 g/mol. The quantitative estimate of drug-likeness (QED) is 0.635. The lowest BCUT2D eigenvalue weighted by Crippen LogP contribution is -2.20. The van der Waals surface area contributed by atoms with Crippen LogP contribution < -0.4 is 0 Å². The molecule has 0 bridgehead atoms. The summed E-state index contributed by atoms with van der Waals surface area (Å²) < 4.78 is 0. The van der Waals surface area contributed by atoms with Gasteiger partial charge < -0.3 is 0 Å². The molecule has 114 valence electrons. The number of allylic oxidation sites excluding steroid dienone is 2. The molecule has 4 rings (SSSR count). The zero-order valence-electron chi connectivity index (χ0n) is 12.6. The van der Waals surface area contributed by atoms with Crippen molar-refractivity contribution in [2.75, 3.05) is 0 Å². The number of rotatable bonds is 0. The summed E-state index contributed by atoms with van der Waals surface area (Å²) in [5.41, 5.74) is 2.02. The normalized spacial score (nSPS) is 15.4. The molecule has 0 N–H and O–H groups in total. The van der Waals surface area contributed by atoms with E-state index in [1.807, 2.05) is 6.08 Å². The molecule has 2 aromatic rings. The van der Waals surface area contributed by atoms with E-state index in [0.29, 0.717) is 22.3 Å². The lowest BCUT2D eigenvalue weighted by molar-refractivity contribution is -0.114. The molecule has 2 aliphatic carbocycles. The summed E-state index contributed by atoms with van der Waals surface area (Å²) in [6, 6.07) is 13.9. The number of fused-ring (bicyclic) bond motifs is 2. The number of benzene rings is 2. The van der Waals surface area contributed by atoms with Gasteiger partial charge in [-0.25, -0.2) is 0 Å². The highest BCUT2D eigenvalue weighted by molar-refractivity contribution is 6.28. The zero-order valence-corrected chi connectivity index (χ0v) is 12.6. The van der Waals surface area contributed by atoms with Gasteiger partial charge in [-0.1, -0.05) is 54.6 Å². The SMILES string of the molecule is O=C1C=CCCC1.O=C1c2ccccc2C(=O)c2ccccc21. The predicted octanol–water partition coefficient (Wildman–Crippen LogP) is 3.76. The number of carbonyl (C=O) groups excluding carboxylic acids is 3. The minimum Gasteiger partial charge on any atom is -0.295 e. The Kier molecular flexibility index (Phi) is 4.29. The predicted molar refractivity (Wildman–Crippen MR) is 87.7 cm³/mol. The standard InChI is InChI=1S/C14H8O2.C6H8O/c15-13-9-5-1-2-6-10(9)14(16)12-8-4-3-7-11(12)13;7-6-4-2-1-3-5-6/h1-8H;2,4H,1,3,5H2. The van der Waals surface area contributed by atoms with E-state index in [0.717, 1.165) is 19.3 Å². The largest absolute Gasteiger partial charge is 0.295 e. The van der Waals surface area contributed by atoms with Gasteiger partial charge in [0.2, 0.25) is 0 Å². The molecule has 0 aliphatic heterocycles. The van der Waals surface area contributed by atoms with Gasteiger partial charge in [-0.15, -0.1) is 0 Å². The van der Waals surface area contributed by atoms with Crippen molar-refractivity contribution in [2.45, 2.75) is 19.3 Å². The molecule has 0 radical (unpaired) electrons. The summed E-state index contributed by atoms with van der Waals surface area (Å²) in [5, 5.41) is 0. The van der Waals surface area contributed by atoms with Crippen molar-refractivity contribution in [3.63, 3.8) is 0 Å². The fraction of sp³-hybridized carbons (Fsp3) is 0.150. The van der Waals surface area contributed by atoms with Crippen LogP contribution >= 0.6 is 0 Å². The van der Waals surface area contributed by atoms with Crippen molar-refractivity contribution >= 4 is 17.3 Å². The molecule has 0 fully saturated rings. The molecule has 0 amide bonds. The lowest BCUT2D eigenvalue weighted by Gasteiger charge is -2.16. The van der Waals surface area contributed by atoms with Gasteiger partial charge in [-0.3, -0.25) is 14.4 Å². The second kappa shape index (κ2) is 6.53. The zero-order chi connectivity index (χ0) is 16.2. The fourth-order valence-corrected chi connectivity index (χ4v) is 2.74. The first kappa shape index (κ1) is 15.1. The molecule has 0 heterocycles. The number of carbonyl (C=O) groups is 3. The summed E-state index contributed by atoms with van der Waals surface area (Å²) in [6.45, 7) is 0. The van der Waals surface area contributed by atoms with Crippen molar-refractivity contribution in [2.24, 2.45) is 0 Å². The van der Waals surface area contributed by atoms with Crippen LogP contribution in [0.5, 0.6) is 0 Å². The van der Waals surface area contributed by atoms with Crippen LogP contribution in [0.4, 0.5) is 0 Å². The summed E-state index contributed by atoms with van der Waals surface area (Å²) in [5.74, 6) is 0.155. The summed E-state index contributed by atoms with van der Waals surface area (Å²) in [6.07, 6.45) is 6.51. The van der Waals surface area contributed by atoms with Gasteiger partial charge in [-0.05, 0) is 18.9 Å². The Hall–Kier alpha value is -2.81. The maximum atomic E-state index is 12.1. The monoisotopic (exact) mass is 304 g/mol. The summed E-state index contributed by atoms with van der Waals surface area (Å²) in [4.78, 5) is 34.6. The Morgan fingerprint density at radius 2 is 1.09 bits per heavy atom. The van der Waals surface area contributed by atoms with Crippen LogP contribution in [-0.4, -0.2) is 17.3 Å². The Balaban J connectivity index is 0.000000188. The van der Waals surface area contributed by atoms with Crippen LogP contribution in [0.15, 0.2) is 60.7 Å². The first-order valence-electron chi connectivity index (χ1n) is 7.65. The number of hydrogen-bond donors (Lipinski definition) is 0. The van der Waals surface area contributed by atoms with E-state index in [1.165, 1.54) is 0 Å². The van der Waals surface area contributed by atoms with E-state index >= 15 is 0 Å². The van der Waals surface area contributed by atoms with Crippen molar-refractivity contribution in [3.05, 3.63) is 82.9 Å². The van der Waals surface area contributed by atoms with E-state index in [-0.39, 0.29) is 17.3 Å². The van der Waals surface area contributed by atoms with E-state index in [2.05, 4.69) is 0 Å². The topological polar surface area (TPSA) is 51.2 Å². The molecule has 0 saturated heterocycles.